The molecule has 0 radical (unpaired) electrons. The van der Waals surface area contributed by atoms with E-state index in [9.17, 15) is 15.0 Å². The summed E-state index contributed by atoms with van der Waals surface area (Å²) in [5.41, 5.74) is 1.60. The van der Waals surface area contributed by atoms with Crippen molar-refractivity contribution in [3.05, 3.63) is 12.2 Å². The van der Waals surface area contributed by atoms with Gasteiger partial charge in [-0.1, -0.05) is 26.0 Å². The zero-order chi connectivity index (χ0) is 18.4. The van der Waals surface area contributed by atoms with Gasteiger partial charge in [-0.2, -0.15) is 0 Å². The van der Waals surface area contributed by atoms with Gasteiger partial charge >= 0.3 is 0 Å². The fraction of sp³-hybridized carbons (Fsp3) is 0.864. The maximum Gasteiger partial charge on any atom is 0.130 e. The molecule has 3 rings (SSSR count). The summed E-state index contributed by atoms with van der Waals surface area (Å²) in [6.07, 6.45) is 7.40. The highest BCUT2D eigenvalue weighted by molar-refractivity contribution is 5.75. The first-order chi connectivity index (χ1) is 11.7. The van der Waals surface area contributed by atoms with E-state index in [0.29, 0.717) is 30.6 Å². The molecule has 142 valence electrons. The van der Waals surface area contributed by atoms with Gasteiger partial charge < -0.3 is 15.0 Å². The molecule has 3 saturated carbocycles. The summed E-state index contributed by atoms with van der Waals surface area (Å²) in [6, 6.07) is 0. The molecule has 0 spiro atoms. The minimum atomic E-state index is -0.281. The summed E-state index contributed by atoms with van der Waals surface area (Å²) in [4.78, 5) is 12.1. The SMILES string of the molecule is C=C1CC[C@H]2[C@H](CC(C)=O)[C@@H]([C@@]3(C)CC[C@H](O)C[C@@H]3CO)CC[C@]12C. The van der Waals surface area contributed by atoms with Gasteiger partial charge in [0.05, 0.1) is 6.10 Å². The summed E-state index contributed by atoms with van der Waals surface area (Å²) < 4.78 is 0. The summed E-state index contributed by atoms with van der Waals surface area (Å²) in [6.45, 7) is 10.9. The van der Waals surface area contributed by atoms with Gasteiger partial charge in [-0.3, -0.25) is 0 Å². The van der Waals surface area contributed by atoms with E-state index in [1.165, 1.54) is 5.57 Å². The number of hydrogen-bond donors (Lipinski definition) is 2. The minimum absolute atomic E-state index is 0.0271. The number of hydrogen-bond acceptors (Lipinski definition) is 3. The van der Waals surface area contributed by atoms with Crippen LogP contribution in [0.3, 0.4) is 0 Å². The molecule has 0 aromatic carbocycles. The van der Waals surface area contributed by atoms with Crippen molar-refractivity contribution < 1.29 is 15.0 Å². The third-order valence-electron chi connectivity index (χ3n) is 8.49. The Morgan fingerprint density at radius 3 is 2.56 bits per heavy atom. The predicted octanol–water partition coefficient (Wildman–Crippen LogP) is 4.12. The van der Waals surface area contributed by atoms with Crippen molar-refractivity contribution in [3.63, 3.8) is 0 Å². The molecule has 0 aliphatic heterocycles. The quantitative estimate of drug-likeness (QED) is 0.751. The molecule has 3 nitrogen and oxygen atoms in total. The number of rotatable bonds is 4. The molecule has 3 fully saturated rings. The lowest BCUT2D eigenvalue weighted by molar-refractivity contribution is -0.125. The summed E-state index contributed by atoms with van der Waals surface area (Å²) in [5, 5.41) is 20.1. The molecule has 0 aromatic rings. The molecule has 0 unspecified atom stereocenters. The van der Waals surface area contributed by atoms with E-state index in [2.05, 4.69) is 20.4 Å². The summed E-state index contributed by atoms with van der Waals surface area (Å²) in [7, 11) is 0. The van der Waals surface area contributed by atoms with E-state index in [-0.39, 0.29) is 35.2 Å². The van der Waals surface area contributed by atoms with Gasteiger partial charge in [0, 0.05) is 13.0 Å². The van der Waals surface area contributed by atoms with Gasteiger partial charge in [0.25, 0.3) is 0 Å². The van der Waals surface area contributed by atoms with Crippen molar-refractivity contribution in [1.82, 2.24) is 0 Å². The number of aliphatic hydroxyl groups is 2. The molecule has 0 aromatic heterocycles. The van der Waals surface area contributed by atoms with Crippen molar-refractivity contribution in [2.45, 2.75) is 78.2 Å². The van der Waals surface area contributed by atoms with Crippen molar-refractivity contribution in [2.75, 3.05) is 6.61 Å². The van der Waals surface area contributed by atoms with E-state index in [1.54, 1.807) is 6.92 Å². The van der Waals surface area contributed by atoms with E-state index in [4.69, 9.17) is 0 Å². The highest BCUT2D eigenvalue weighted by atomic mass is 16.3. The lowest BCUT2D eigenvalue weighted by Gasteiger charge is -2.56. The Labute approximate surface area is 152 Å². The molecule has 0 saturated heterocycles. The van der Waals surface area contributed by atoms with Gasteiger partial charge in [-0.05, 0) is 86.4 Å². The molecule has 0 heterocycles. The van der Waals surface area contributed by atoms with Crippen LogP contribution in [0.5, 0.6) is 0 Å². The lowest BCUT2D eigenvalue weighted by atomic mass is 9.48. The number of fused-ring (bicyclic) bond motifs is 1. The van der Waals surface area contributed by atoms with Crippen molar-refractivity contribution >= 4 is 5.78 Å². The topological polar surface area (TPSA) is 57.5 Å². The van der Waals surface area contributed by atoms with E-state index >= 15 is 0 Å². The minimum Gasteiger partial charge on any atom is -0.396 e. The first-order valence-electron chi connectivity index (χ1n) is 10.2. The van der Waals surface area contributed by atoms with Gasteiger partial charge in [0.15, 0.2) is 0 Å². The van der Waals surface area contributed by atoms with Crippen LogP contribution in [0.1, 0.15) is 72.1 Å². The van der Waals surface area contributed by atoms with Gasteiger partial charge in [-0.25, -0.2) is 0 Å². The Morgan fingerprint density at radius 2 is 1.92 bits per heavy atom. The zero-order valence-electron chi connectivity index (χ0n) is 16.3. The molecule has 7 atom stereocenters. The van der Waals surface area contributed by atoms with Crippen molar-refractivity contribution in [2.24, 2.45) is 34.5 Å². The number of aliphatic hydroxyl groups excluding tert-OH is 2. The van der Waals surface area contributed by atoms with Crippen LogP contribution in [0.15, 0.2) is 12.2 Å². The first kappa shape index (κ1) is 19.1. The maximum absolute atomic E-state index is 12.1. The molecular formula is C22H36O3. The fourth-order valence-electron chi connectivity index (χ4n) is 6.80. The Hall–Kier alpha value is -0.670. The number of allylic oxidation sites excluding steroid dienone is 1. The average molecular weight is 349 g/mol. The Kier molecular flexibility index (Phi) is 5.20. The highest BCUT2D eigenvalue weighted by Crippen LogP contribution is 2.64. The molecule has 0 amide bonds. The van der Waals surface area contributed by atoms with Crippen LogP contribution in [-0.2, 0) is 4.79 Å². The molecule has 2 N–H and O–H groups in total. The van der Waals surface area contributed by atoms with Crippen LogP contribution in [0.2, 0.25) is 0 Å². The van der Waals surface area contributed by atoms with Gasteiger partial charge in [-0.15, -0.1) is 0 Å². The molecular weight excluding hydrogens is 312 g/mol. The number of Topliss-reactive ketones (excluding diaryl/α,β-unsaturated/α-hetero) is 1. The second-order valence-corrected chi connectivity index (χ2v) is 9.69. The Bertz CT molecular complexity index is 541. The standard InChI is InChI=1S/C22H36O3/c1-14-5-6-19-18(11-15(2)24)20(8-10-21(14,19)3)22(4)9-7-17(25)12-16(22)13-23/h16-20,23,25H,1,5-13H2,2-4H3/t16-,17+,18+,19+,20+,21-,22+/m1/s1. The molecule has 25 heavy (non-hydrogen) atoms. The van der Waals surface area contributed by atoms with Crippen LogP contribution in [-0.4, -0.2) is 28.7 Å². The predicted molar refractivity (Wildman–Crippen MR) is 100 cm³/mol. The van der Waals surface area contributed by atoms with Gasteiger partial charge in [0.2, 0.25) is 0 Å². The van der Waals surface area contributed by atoms with Crippen LogP contribution in [0.25, 0.3) is 0 Å². The smallest absolute Gasteiger partial charge is 0.130 e. The maximum atomic E-state index is 12.1. The fourth-order valence-corrected chi connectivity index (χ4v) is 6.80. The third kappa shape index (κ3) is 3.12. The third-order valence-corrected chi connectivity index (χ3v) is 8.49. The average Bonchev–Trinajstić information content (AvgIpc) is 2.85. The lowest BCUT2D eigenvalue weighted by Crippen LogP contribution is -2.51. The Morgan fingerprint density at radius 1 is 1.20 bits per heavy atom. The summed E-state index contributed by atoms with van der Waals surface area (Å²) >= 11 is 0. The molecule has 3 aliphatic rings. The first-order valence-corrected chi connectivity index (χ1v) is 10.2. The van der Waals surface area contributed by atoms with Crippen LogP contribution >= 0.6 is 0 Å². The molecule has 3 heteroatoms. The molecule has 3 aliphatic carbocycles. The van der Waals surface area contributed by atoms with Crippen molar-refractivity contribution in [3.8, 4) is 0 Å². The van der Waals surface area contributed by atoms with E-state index in [1.807, 2.05) is 0 Å². The second kappa shape index (κ2) is 6.81. The second-order valence-electron chi connectivity index (χ2n) is 9.69. The van der Waals surface area contributed by atoms with Crippen molar-refractivity contribution in [1.29, 1.82) is 0 Å². The van der Waals surface area contributed by atoms with Crippen LogP contribution in [0, 0.1) is 34.5 Å². The largest absolute Gasteiger partial charge is 0.396 e. The highest BCUT2D eigenvalue weighted by Gasteiger charge is 2.56. The summed E-state index contributed by atoms with van der Waals surface area (Å²) in [5.74, 6) is 1.84. The zero-order valence-corrected chi connectivity index (χ0v) is 16.3. The number of ketones is 1. The molecule has 0 bridgehead atoms. The Balaban J connectivity index is 1.94. The normalized spacial score (nSPS) is 47.6. The number of carbonyl (C=O) groups is 1. The number of carbonyl (C=O) groups excluding carboxylic acids is 1. The van der Waals surface area contributed by atoms with E-state index < -0.39 is 0 Å². The van der Waals surface area contributed by atoms with Crippen LogP contribution in [0.4, 0.5) is 0 Å². The monoisotopic (exact) mass is 348 g/mol. The van der Waals surface area contributed by atoms with Gasteiger partial charge in [0.1, 0.15) is 5.78 Å². The van der Waals surface area contributed by atoms with E-state index in [0.717, 1.165) is 38.5 Å². The van der Waals surface area contributed by atoms with Crippen LogP contribution < -0.4 is 0 Å².